The topological polar surface area (TPSA) is 76.7 Å². The highest BCUT2D eigenvalue weighted by molar-refractivity contribution is 8.00. The summed E-state index contributed by atoms with van der Waals surface area (Å²) in [4.78, 5) is 4.40. The van der Waals surface area contributed by atoms with Gasteiger partial charge in [-0.15, -0.1) is 10.2 Å². The molecule has 2 heterocycles. The van der Waals surface area contributed by atoms with E-state index in [0.29, 0.717) is 17.6 Å². The molecule has 0 aliphatic rings. The van der Waals surface area contributed by atoms with Crippen molar-refractivity contribution in [2.24, 2.45) is 5.92 Å². The van der Waals surface area contributed by atoms with Crippen LogP contribution in [-0.4, -0.2) is 20.3 Å². The van der Waals surface area contributed by atoms with Gasteiger partial charge < -0.3 is 9.84 Å². The molecule has 0 radical (unpaired) electrons. The first-order valence-electron chi connectivity index (χ1n) is 8.26. The van der Waals surface area contributed by atoms with Gasteiger partial charge in [-0.3, -0.25) is 0 Å². The fraction of sp³-hybridized carbons (Fsp3) is 0.412. The van der Waals surface area contributed by atoms with Gasteiger partial charge in [0.05, 0.1) is 5.75 Å². The first kappa shape index (κ1) is 17.9. The minimum atomic E-state index is 0.515. The first-order valence-corrected chi connectivity index (χ1v) is 10.1. The van der Waals surface area contributed by atoms with Crippen LogP contribution in [0.2, 0.25) is 0 Å². The molecular formula is C17H21N5OS2. The Morgan fingerprint density at radius 1 is 1.24 bits per heavy atom. The van der Waals surface area contributed by atoms with E-state index in [0.717, 1.165) is 33.8 Å². The number of rotatable bonds is 8. The minimum Gasteiger partial charge on any atom is -0.338 e. The van der Waals surface area contributed by atoms with Crippen molar-refractivity contribution in [2.45, 2.75) is 43.7 Å². The maximum Gasteiger partial charge on any atom is 0.237 e. The average molecular weight is 376 g/mol. The fourth-order valence-electron chi connectivity index (χ4n) is 2.30. The van der Waals surface area contributed by atoms with E-state index in [1.54, 1.807) is 11.8 Å². The number of thioether (sulfide) groups is 1. The average Bonchev–Trinajstić information content (AvgIpc) is 3.22. The van der Waals surface area contributed by atoms with Crippen LogP contribution in [-0.2, 0) is 18.6 Å². The number of anilines is 2. The van der Waals surface area contributed by atoms with Crippen molar-refractivity contribution in [1.82, 2.24) is 20.3 Å². The van der Waals surface area contributed by atoms with E-state index >= 15 is 0 Å². The molecule has 0 aliphatic heterocycles. The number of hydrogen-bond donors (Lipinski definition) is 1. The summed E-state index contributed by atoms with van der Waals surface area (Å²) in [6, 6.07) is 8.23. The maximum absolute atomic E-state index is 5.28. The van der Waals surface area contributed by atoms with Crippen molar-refractivity contribution in [3.8, 4) is 0 Å². The van der Waals surface area contributed by atoms with Gasteiger partial charge in [0.15, 0.2) is 10.2 Å². The molecule has 3 rings (SSSR count). The van der Waals surface area contributed by atoms with Gasteiger partial charge in [-0.05, 0) is 24.0 Å². The summed E-state index contributed by atoms with van der Waals surface area (Å²) in [5, 5.41) is 16.6. The van der Waals surface area contributed by atoms with E-state index in [2.05, 4.69) is 58.6 Å². The molecule has 0 saturated carbocycles. The molecule has 25 heavy (non-hydrogen) atoms. The highest BCUT2D eigenvalue weighted by atomic mass is 32.2. The van der Waals surface area contributed by atoms with Crippen molar-refractivity contribution in [3.63, 3.8) is 0 Å². The number of aromatic nitrogens is 4. The zero-order valence-electron chi connectivity index (χ0n) is 14.5. The second kappa shape index (κ2) is 8.44. The lowest BCUT2D eigenvalue weighted by Gasteiger charge is -2.06. The molecule has 2 aromatic heterocycles. The zero-order chi connectivity index (χ0) is 17.6. The molecule has 6 nitrogen and oxygen atoms in total. The molecule has 0 atom stereocenters. The second-order valence-electron chi connectivity index (χ2n) is 6.00. The standard InChI is InChI=1S/C17H21N5OS2/c1-4-12-7-5-6-8-13(12)18-16-20-21-17(25-16)24-10-15-19-14(22-23-15)9-11(2)3/h5-8,11H,4,9-10H2,1-3H3,(H,18,20). The highest BCUT2D eigenvalue weighted by Crippen LogP contribution is 2.30. The third-order valence-electron chi connectivity index (χ3n) is 3.47. The molecule has 0 bridgehead atoms. The molecular weight excluding hydrogens is 354 g/mol. The van der Waals surface area contributed by atoms with Crippen LogP contribution < -0.4 is 5.32 Å². The molecule has 1 N–H and O–H groups in total. The van der Waals surface area contributed by atoms with Crippen LogP contribution in [0.4, 0.5) is 10.8 Å². The van der Waals surface area contributed by atoms with Crippen LogP contribution in [0.1, 0.15) is 38.0 Å². The van der Waals surface area contributed by atoms with Gasteiger partial charge in [0.25, 0.3) is 0 Å². The van der Waals surface area contributed by atoms with Crippen LogP contribution in [0.5, 0.6) is 0 Å². The van der Waals surface area contributed by atoms with Crippen LogP contribution in [0.25, 0.3) is 0 Å². The number of nitrogens with zero attached hydrogens (tertiary/aromatic N) is 4. The van der Waals surface area contributed by atoms with Crippen molar-refractivity contribution in [3.05, 3.63) is 41.5 Å². The third kappa shape index (κ3) is 5.02. The van der Waals surface area contributed by atoms with E-state index in [1.165, 1.54) is 16.9 Å². The van der Waals surface area contributed by atoms with E-state index in [9.17, 15) is 0 Å². The van der Waals surface area contributed by atoms with E-state index in [4.69, 9.17) is 4.52 Å². The van der Waals surface area contributed by atoms with Gasteiger partial charge in [0, 0.05) is 12.1 Å². The molecule has 0 saturated heterocycles. The van der Waals surface area contributed by atoms with E-state index in [-0.39, 0.29) is 0 Å². The zero-order valence-corrected chi connectivity index (χ0v) is 16.2. The highest BCUT2D eigenvalue weighted by Gasteiger charge is 2.11. The monoisotopic (exact) mass is 375 g/mol. The Morgan fingerprint density at radius 3 is 2.88 bits per heavy atom. The van der Waals surface area contributed by atoms with Crippen LogP contribution in [0.3, 0.4) is 0 Å². The quantitative estimate of drug-likeness (QED) is 0.571. The Kier molecular flexibility index (Phi) is 6.04. The predicted octanol–water partition coefficient (Wildman–Crippen LogP) is 4.72. The Morgan fingerprint density at radius 2 is 2.08 bits per heavy atom. The molecule has 3 aromatic rings. The maximum atomic E-state index is 5.28. The molecule has 0 spiro atoms. The summed E-state index contributed by atoms with van der Waals surface area (Å²) in [5.41, 5.74) is 2.34. The molecule has 0 unspecified atom stereocenters. The summed E-state index contributed by atoms with van der Waals surface area (Å²) in [5.74, 6) is 2.51. The molecule has 132 valence electrons. The largest absolute Gasteiger partial charge is 0.338 e. The summed E-state index contributed by atoms with van der Waals surface area (Å²) in [6.07, 6.45) is 1.80. The van der Waals surface area contributed by atoms with Gasteiger partial charge in [0.1, 0.15) is 0 Å². The van der Waals surface area contributed by atoms with Gasteiger partial charge in [-0.1, -0.05) is 67.2 Å². The Hall–Kier alpha value is -1.93. The molecule has 1 aromatic carbocycles. The molecule has 0 aliphatic carbocycles. The van der Waals surface area contributed by atoms with Crippen molar-refractivity contribution < 1.29 is 4.52 Å². The van der Waals surface area contributed by atoms with Crippen LogP contribution >= 0.6 is 23.1 Å². The van der Waals surface area contributed by atoms with Crippen LogP contribution in [0, 0.1) is 5.92 Å². The minimum absolute atomic E-state index is 0.515. The Labute approximate surface area is 155 Å². The smallest absolute Gasteiger partial charge is 0.237 e. The first-order chi connectivity index (χ1) is 12.1. The van der Waals surface area contributed by atoms with Gasteiger partial charge in [0.2, 0.25) is 11.0 Å². The van der Waals surface area contributed by atoms with Gasteiger partial charge in [-0.25, -0.2) is 0 Å². The number of nitrogens with one attached hydrogen (secondary N) is 1. The summed E-state index contributed by atoms with van der Waals surface area (Å²) in [6.45, 7) is 6.41. The van der Waals surface area contributed by atoms with E-state index < -0.39 is 0 Å². The van der Waals surface area contributed by atoms with E-state index in [1.807, 2.05) is 12.1 Å². The predicted molar refractivity (Wildman–Crippen MR) is 101 cm³/mol. The lowest BCUT2D eigenvalue weighted by atomic mass is 10.1. The Balaban J connectivity index is 1.57. The Bertz CT molecular complexity index is 815. The van der Waals surface area contributed by atoms with Crippen molar-refractivity contribution >= 4 is 33.9 Å². The molecule has 0 fully saturated rings. The van der Waals surface area contributed by atoms with Crippen molar-refractivity contribution in [2.75, 3.05) is 5.32 Å². The van der Waals surface area contributed by atoms with Gasteiger partial charge >= 0.3 is 0 Å². The second-order valence-corrected chi connectivity index (χ2v) is 8.20. The summed E-state index contributed by atoms with van der Waals surface area (Å²) < 4.78 is 6.15. The fourth-order valence-corrected chi connectivity index (χ4v) is 3.91. The third-order valence-corrected chi connectivity index (χ3v) is 5.42. The van der Waals surface area contributed by atoms with Gasteiger partial charge in [-0.2, -0.15) is 4.98 Å². The number of aryl methyl sites for hydroxylation is 1. The number of benzene rings is 1. The molecule has 0 amide bonds. The normalized spacial score (nSPS) is 11.2. The number of hydrogen-bond acceptors (Lipinski definition) is 8. The lowest BCUT2D eigenvalue weighted by Crippen LogP contribution is -1.96. The summed E-state index contributed by atoms with van der Waals surface area (Å²) >= 11 is 3.08. The lowest BCUT2D eigenvalue weighted by molar-refractivity contribution is 0.382. The SMILES string of the molecule is CCc1ccccc1Nc1nnc(SCc2nc(CC(C)C)no2)s1. The summed E-state index contributed by atoms with van der Waals surface area (Å²) in [7, 11) is 0. The number of para-hydroxylation sites is 1. The van der Waals surface area contributed by atoms with Crippen molar-refractivity contribution in [1.29, 1.82) is 0 Å². The van der Waals surface area contributed by atoms with Crippen LogP contribution in [0.15, 0.2) is 33.1 Å². The molecule has 8 heteroatoms.